The summed E-state index contributed by atoms with van der Waals surface area (Å²) in [5.41, 5.74) is 4.16. The van der Waals surface area contributed by atoms with Crippen molar-refractivity contribution in [3.05, 3.63) is 65.2 Å². The smallest absolute Gasteiger partial charge is 0.337 e. The highest BCUT2D eigenvalue weighted by molar-refractivity contribution is 6.02. The van der Waals surface area contributed by atoms with Crippen molar-refractivity contribution >= 4 is 17.5 Å². The minimum atomic E-state index is -0.316. The Morgan fingerprint density at radius 2 is 1.96 bits per heavy atom. The van der Waals surface area contributed by atoms with Gasteiger partial charge in [-0.1, -0.05) is 30.3 Å². The van der Waals surface area contributed by atoms with Crippen molar-refractivity contribution in [2.24, 2.45) is 10.4 Å². The Labute approximate surface area is 159 Å². The molecule has 2 aromatic carbocycles. The van der Waals surface area contributed by atoms with Gasteiger partial charge in [0.1, 0.15) is 5.84 Å². The summed E-state index contributed by atoms with van der Waals surface area (Å²) < 4.78 is 4.82. The fourth-order valence-electron chi connectivity index (χ4n) is 4.12. The molecule has 2 heterocycles. The average Bonchev–Trinajstić information content (AvgIpc) is 2.72. The SMILES string of the molecule is COC(=O)c1cccc(CN=C2Nc3ccccc3CC23CCNCC3)c1. The van der Waals surface area contributed by atoms with Crippen LogP contribution in [0.3, 0.4) is 0 Å². The van der Waals surface area contributed by atoms with Gasteiger partial charge in [-0.3, -0.25) is 4.99 Å². The summed E-state index contributed by atoms with van der Waals surface area (Å²) in [5.74, 6) is 0.759. The molecule has 27 heavy (non-hydrogen) atoms. The normalized spacial score (nSPS) is 19.4. The van der Waals surface area contributed by atoms with Crippen molar-refractivity contribution in [3.63, 3.8) is 0 Å². The molecular formula is C22H25N3O2. The third-order valence-corrected chi connectivity index (χ3v) is 5.63. The zero-order chi connectivity index (χ0) is 18.7. The molecule has 1 fully saturated rings. The molecule has 0 atom stereocenters. The topological polar surface area (TPSA) is 62.7 Å². The Morgan fingerprint density at radius 1 is 1.15 bits per heavy atom. The van der Waals surface area contributed by atoms with Crippen molar-refractivity contribution in [3.8, 4) is 0 Å². The lowest BCUT2D eigenvalue weighted by molar-refractivity contribution is 0.0600. The fourth-order valence-corrected chi connectivity index (χ4v) is 4.12. The molecule has 0 bridgehead atoms. The number of nitrogens with zero attached hydrogens (tertiary/aromatic N) is 1. The predicted octanol–water partition coefficient (Wildman–Crippen LogP) is 3.41. The second-order valence-corrected chi connectivity index (χ2v) is 7.35. The van der Waals surface area contributed by atoms with E-state index in [1.165, 1.54) is 12.7 Å². The number of amidine groups is 1. The van der Waals surface area contributed by atoms with E-state index >= 15 is 0 Å². The predicted molar refractivity (Wildman–Crippen MR) is 107 cm³/mol. The van der Waals surface area contributed by atoms with Crippen LogP contribution in [0.5, 0.6) is 0 Å². The number of hydrogen-bond donors (Lipinski definition) is 2. The number of esters is 1. The number of aliphatic imine (C=N–C) groups is 1. The minimum Gasteiger partial charge on any atom is -0.465 e. The maximum absolute atomic E-state index is 11.8. The molecule has 2 aromatic rings. The number of rotatable bonds is 3. The van der Waals surface area contributed by atoms with Gasteiger partial charge in [-0.05, 0) is 61.7 Å². The Balaban J connectivity index is 1.63. The molecule has 2 aliphatic rings. The summed E-state index contributed by atoms with van der Waals surface area (Å²) in [6.07, 6.45) is 3.18. The second-order valence-electron chi connectivity index (χ2n) is 7.35. The number of ether oxygens (including phenoxy) is 1. The fraction of sp³-hybridized carbons (Fsp3) is 0.364. The number of para-hydroxylation sites is 1. The molecule has 5 heteroatoms. The van der Waals surface area contributed by atoms with Gasteiger partial charge in [0, 0.05) is 11.1 Å². The van der Waals surface area contributed by atoms with Crippen molar-refractivity contribution in [2.45, 2.75) is 25.8 Å². The molecular weight excluding hydrogens is 338 g/mol. The lowest BCUT2D eigenvalue weighted by Crippen LogP contribution is -2.48. The van der Waals surface area contributed by atoms with E-state index in [4.69, 9.17) is 9.73 Å². The van der Waals surface area contributed by atoms with E-state index in [1.54, 1.807) is 6.07 Å². The van der Waals surface area contributed by atoms with Crippen molar-refractivity contribution in [1.82, 2.24) is 5.32 Å². The standard InChI is InChI=1S/C22H25N3O2/c1-27-20(26)17-7-4-5-16(13-17)15-24-21-22(9-11-23-12-10-22)14-18-6-2-3-8-19(18)25-21/h2-8,13,23H,9-12,14-15H2,1H3,(H,24,25). The van der Waals surface area contributed by atoms with Gasteiger partial charge in [0.25, 0.3) is 0 Å². The molecule has 0 aromatic heterocycles. The summed E-state index contributed by atoms with van der Waals surface area (Å²) in [6, 6.07) is 16.0. The molecule has 2 aliphatic heterocycles. The zero-order valence-electron chi connectivity index (χ0n) is 15.6. The van der Waals surface area contributed by atoms with Gasteiger partial charge in [0.15, 0.2) is 0 Å². The van der Waals surface area contributed by atoms with E-state index in [-0.39, 0.29) is 11.4 Å². The molecule has 0 saturated carbocycles. The third-order valence-electron chi connectivity index (χ3n) is 5.63. The monoisotopic (exact) mass is 363 g/mol. The van der Waals surface area contributed by atoms with Crippen LogP contribution in [0.25, 0.3) is 0 Å². The average molecular weight is 363 g/mol. The molecule has 0 radical (unpaired) electrons. The first-order chi connectivity index (χ1) is 13.2. The van der Waals surface area contributed by atoms with Crippen LogP contribution in [0.1, 0.15) is 34.3 Å². The number of benzene rings is 2. The van der Waals surface area contributed by atoms with Crippen molar-refractivity contribution in [2.75, 3.05) is 25.5 Å². The van der Waals surface area contributed by atoms with Gasteiger partial charge in [-0.15, -0.1) is 0 Å². The number of piperidine rings is 1. The Hall–Kier alpha value is -2.66. The Kier molecular flexibility index (Phi) is 4.94. The van der Waals surface area contributed by atoms with Gasteiger partial charge in [-0.25, -0.2) is 4.79 Å². The molecule has 1 saturated heterocycles. The summed E-state index contributed by atoms with van der Waals surface area (Å²) in [7, 11) is 1.40. The molecule has 0 unspecified atom stereocenters. The highest BCUT2D eigenvalue weighted by atomic mass is 16.5. The van der Waals surface area contributed by atoms with Crippen LogP contribution >= 0.6 is 0 Å². The maximum atomic E-state index is 11.8. The van der Waals surface area contributed by atoms with E-state index in [1.807, 2.05) is 18.2 Å². The number of fused-ring (bicyclic) bond motifs is 1. The third kappa shape index (κ3) is 3.60. The maximum Gasteiger partial charge on any atom is 0.337 e. The largest absolute Gasteiger partial charge is 0.465 e. The number of carbonyl (C=O) groups is 1. The summed E-state index contributed by atoms with van der Waals surface area (Å²) in [5, 5.41) is 7.07. The van der Waals surface area contributed by atoms with E-state index in [0.29, 0.717) is 12.1 Å². The molecule has 0 amide bonds. The molecule has 4 rings (SSSR count). The van der Waals surface area contributed by atoms with Gasteiger partial charge in [0.05, 0.1) is 19.2 Å². The molecule has 140 valence electrons. The van der Waals surface area contributed by atoms with Gasteiger partial charge in [0.2, 0.25) is 0 Å². The molecule has 1 spiro atoms. The molecule has 2 N–H and O–H groups in total. The van der Waals surface area contributed by atoms with Gasteiger partial charge in [-0.2, -0.15) is 0 Å². The van der Waals surface area contributed by atoms with Crippen molar-refractivity contribution in [1.29, 1.82) is 0 Å². The van der Waals surface area contributed by atoms with Crippen LogP contribution in [0, 0.1) is 5.41 Å². The number of nitrogens with one attached hydrogen (secondary N) is 2. The highest BCUT2D eigenvalue weighted by Gasteiger charge is 2.40. The number of anilines is 1. The van der Waals surface area contributed by atoms with Crippen LogP contribution < -0.4 is 10.6 Å². The highest BCUT2D eigenvalue weighted by Crippen LogP contribution is 2.40. The lowest BCUT2D eigenvalue weighted by atomic mass is 9.71. The first-order valence-corrected chi connectivity index (χ1v) is 9.48. The quantitative estimate of drug-likeness (QED) is 0.821. The lowest BCUT2D eigenvalue weighted by Gasteiger charge is -2.42. The Bertz CT molecular complexity index is 869. The van der Waals surface area contributed by atoms with Gasteiger partial charge >= 0.3 is 5.97 Å². The van der Waals surface area contributed by atoms with Gasteiger partial charge < -0.3 is 15.4 Å². The van der Waals surface area contributed by atoms with Crippen LogP contribution in [0.15, 0.2) is 53.5 Å². The van der Waals surface area contributed by atoms with Crippen LogP contribution in [0.4, 0.5) is 5.69 Å². The number of methoxy groups -OCH3 is 1. The molecule has 5 nitrogen and oxygen atoms in total. The Morgan fingerprint density at radius 3 is 2.78 bits per heavy atom. The minimum absolute atomic E-state index is 0.0690. The van der Waals surface area contributed by atoms with Crippen LogP contribution in [-0.4, -0.2) is 32.0 Å². The second kappa shape index (κ2) is 7.53. The van der Waals surface area contributed by atoms with Crippen LogP contribution in [-0.2, 0) is 17.7 Å². The summed E-state index contributed by atoms with van der Waals surface area (Å²) in [6.45, 7) is 2.58. The van der Waals surface area contributed by atoms with E-state index < -0.39 is 0 Å². The van der Waals surface area contributed by atoms with E-state index in [9.17, 15) is 4.79 Å². The van der Waals surface area contributed by atoms with Crippen LogP contribution in [0.2, 0.25) is 0 Å². The summed E-state index contributed by atoms with van der Waals surface area (Å²) >= 11 is 0. The first-order valence-electron chi connectivity index (χ1n) is 9.48. The molecule has 0 aliphatic carbocycles. The number of hydrogen-bond acceptors (Lipinski definition) is 4. The first kappa shape index (κ1) is 17.7. The zero-order valence-corrected chi connectivity index (χ0v) is 15.6. The number of carbonyl (C=O) groups excluding carboxylic acids is 1. The van der Waals surface area contributed by atoms with E-state index in [0.717, 1.165) is 49.4 Å². The summed E-state index contributed by atoms with van der Waals surface area (Å²) in [4.78, 5) is 16.8. The van der Waals surface area contributed by atoms with Crippen molar-refractivity contribution < 1.29 is 9.53 Å². The van der Waals surface area contributed by atoms with E-state index in [2.05, 4.69) is 34.9 Å².